The summed E-state index contributed by atoms with van der Waals surface area (Å²) in [6, 6.07) is 13.1. The monoisotopic (exact) mass is 372 g/mol. The van der Waals surface area contributed by atoms with Crippen LogP contribution >= 0.6 is 0 Å². The smallest absolute Gasteiger partial charge is 0.260 e. The zero-order valence-electron chi connectivity index (χ0n) is 15.7. The van der Waals surface area contributed by atoms with Crippen LogP contribution in [-0.2, 0) is 16.1 Å². The molecule has 0 atom stereocenters. The number of hydrogen-bond acceptors (Lipinski definition) is 6. The Bertz CT molecular complexity index is 759. The predicted octanol–water partition coefficient (Wildman–Crippen LogP) is 2.42. The maximum atomic E-state index is 11.8. The number of carbonyl (C=O) groups excluding carboxylic acids is 1. The van der Waals surface area contributed by atoms with E-state index in [9.17, 15) is 4.79 Å². The minimum absolute atomic E-state index is 0.161. The fraction of sp³-hybridized carbons (Fsp3) is 0.300. The van der Waals surface area contributed by atoms with Gasteiger partial charge in [0.1, 0.15) is 5.75 Å². The number of benzene rings is 2. The van der Waals surface area contributed by atoms with Crippen molar-refractivity contribution in [3.8, 4) is 17.2 Å². The summed E-state index contributed by atoms with van der Waals surface area (Å²) in [6.07, 6.45) is 2.20. The van der Waals surface area contributed by atoms with E-state index in [1.165, 1.54) is 6.21 Å². The van der Waals surface area contributed by atoms with Crippen molar-refractivity contribution in [1.29, 1.82) is 0 Å². The molecule has 7 heteroatoms. The molecule has 0 radical (unpaired) electrons. The first-order valence-corrected chi connectivity index (χ1v) is 8.44. The zero-order valence-corrected chi connectivity index (χ0v) is 15.7. The maximum absolute atomic E-state index is 11.8. The molecule has 0 saturated heterocycles. The molecule has 0 bridgehead atoms. The zero-order chi connectivity index (χ0) is 19.5. The van der Waals surface area contributed by atoms with Gasteiger partial charge in [-0.1, -0.05) is 23.4 Å². The molecule has 144 valence electrons. The molecule has 0 spiro atoms. The van der Waals surface area contributed by atoms with Crippen molar-refractivity contribution in [3.05, 3.63) is 53.6 Å². The number of oxime groups is 1. The highest BCUT2D eigenvalue weighted by Crippen LogP contribution is 2.29. The third kappa shape index (κ3) is 6.22. The lowest BCUT2D eigenvalue weighted by atomic mass is 10.1. The number of rotatable bonds is 10. The van der Waals surface area contributed by atoms with E-state index < -0.39 is 0 Å². The highest BCUT2D eigenvalue weighted by molar-refractivity contribution is 5.84. The average molecular weight is 372 g/mol. The molecule has 0 aliphatic heterocycles. The standard InChI is InChI=1S/C20H24N2O5/c1-24-17-9-7-15(8-10-17)11-12-21-19(23)14-27-22-13-16-5-4-6-18(25-2)20(16)26-3/h4-10,13H,11-12,14H2,1-3H3,(H,21,23)/b22-13+. The molecule has 7 nitrogen and oxygen atoms in total. The van der Waals surface area contributed by atoms with Crippen molar-refractivity contribution in [2.75, 3.05) is 34.5 Å². The van der Waals surface area contributed by atoms with Crippen LogP contribution in [0.3, 0.4) is 0 Å². The molecule has 27 heavy (non-hydrogen) atoms. The molecule has 0 fully saturated rings. The Kier molecular flexibility index (Phi) is 7.96. The van der Waals surface area contributed by atoms with Crippen LogP contribution in [0.15, 0.2) is 47.6 Å². The molecule has 0 saturated carbocycles. The van der Waals surface area contributed by atoms with Crippen molar-refractivity contribution in [1.82, 2.24) is 5.32 Å². The fourth-order valence-corrected chi connectivity index (χ4v) is 2.39. The lowest BCUT2D eigenvalue weighted by Crippen LogP contribution is -2.28. The van der Waals surface area contributed by atoms with Gasteiger partial charge in [-0.05, 0) is 36.2 Å². The predicted molar refractivity (Wildman–Crippen MR) is 103 cm³/mol. The highest BCUT2D eigenvalue weighted by atomic mass is 16.6. The number of methoxy groups -OCH3 is 3. The van der Waals surface area contributed by atoms with E-state index in [-0.39, 0.29) is 12.5 Å². The van der Waals surface area contributed by atoms with Crippen LogP contribution in [0.4, 0.5) is 0 Å². The summed E-state index contributed by atoms with van der Waals surface area (Å²) < 4.78 is 15.6. The van der Waals surface area contributed by atoms with Crippen molar-refractivity contribution >= 4 is 12.1 Å². The Balaban J connectivity index is 1.73. The van der Waals surface area contributed by atoms with Crippen LogP contribution in [0.1, 0.15) is 11.1 Å². The van der Waals surface area contributed by atoms with E-state index in [2.05, 4.69) is 10.5 Å². The van der Waals surface area contributed by atoms with Gasteiger partial charge in [0.15, 0.2) is 18.1 Å². The van der Waals surface area contributed by atoms with Gasteiger partial charge in [0.25, 0.3) is 5.91 Å². The number of hydrogen-bond donors (Lipinski definition) is 1. The van der Waals surface area contributed by atoms with Gasteiger partial charge in [0.05, 0.1) is 27.5 Å². The molecule has 0 unspecified atom stereocenters. The topological polar surface area (TPSA) is 78.4 Å². The van der Waals surface area contributed by atoms with E-state index >= 15 is 0 Å². The summed E-state index contributed by atoms with van der Waals surface area (Å²) in [6.45, 7) is 0.355. The van der Waals surface area contributed by atoms with Crippen molar-refractivity contribution in [2.24, 2.45) is 5.16 Å². The molecule has 2 rings (SSSR count). The van der Waals surface area contributed by atoms with Crippen molar-refractivity contribution in [3.63, 3.8) is 0 Å². The van der Waals surface area contributed by atoms with Gasteiger partial charge in [-0.15, -0.1) is 0 Å². The molecular formula is C20H24N2O5. The van der Waals surface area contributed by atoms with E-state index in [4.69, 9.17) is 19.0 Å². The van der Waals surface area contributed by atoms with Gasteiger partial charge in [-0.2, -0.15) is 0 Å². The third-order valence-corrected chi connectivity index (χ3v) is 3.79. The second-order valence-electron chi connectivity index (χ2n) is 5.54. The Morgan fingerprint density at radius 2 is 1.81 bits per heavy atom. The summed E-state index contributed by atoms with van der Waals surface area (Å²) in [5.74, 6) is 1.72. The maximum Gasteiger partial charge on any atom is 0.260 e. The molecule has 0 aliphatic rings. The molecule has 1 N–H and O–H groups in total. The number of carbonyl (C=O) groups is 1. The minimum Gasteiger partial charge on any atom is -0.497 e. The molecule has 2 aromatic rings. The molecule has 2 aromatic carbocycles. The first-order chi connectivity index (χ1) is 13.2. The fourth-order valence-electron chi connectivity index (χ4n) is 2.39. The molecule has 0 heterocycles. The number of para-hydroxylation sites is 1. The Labute approximate surface area is 158 Å². The van der Waals surface area contributed by atoms with Crippen LogP contribution in [0.5, 0.6) is 17.2 Å². The lowest BCUT2D eigenvalue weighted by molar-refractivity contribution is -0.125. The van der Waals surface area contributed by atoms with E-state index in [0.29, 0.717) is 23.6 Å². The largest absolute Gasteiger partial charge is 0.497 e. The molecule has 0 aliphatic carbocycles. The molecule has 0 aromatic heterocycles. The van der Waals surface area contributed by atoms with Crippen LogP contribution in [0.2, 0.25) is 0 Å². The van der Waals surface area contributed by atoms with Crippen LogP contribution in [-0.4, -0.2) is 46.6 Å². The van der Waals surface area contributed by atoms with Gasteiger partial charge in [0, 0.05) is 12.1 Å². The minimum atomic E-state index is -0.238. The highest BCUT2D eigenvalue weighted by Gasteiger charge is 2.07. The van der Waals surface area contributed by atoms with E-state index in [1.807, 2.05) is 36.4 Å². The summed E-state index contributed by atoms with van der Waals surface area (Å²) in [4.78, 5) is 16.8. The lowest BCUT2D eigenvalue weighted by Gasteiger charge is -2.09. The van der Waals surface area contributed by atoms with Gasteiger partial charge in [-0.3, -0.25) is 4.79 Å². The summed E-state index contributed by atoms with van der Waals surface area (Å²) >= 11 is 0. The summed E-state index contributed by atoms with van der Waals surface area (Å²) in [7, 11) is 4.74. The quantitative estimate of drug-likeness (QED) is 0.512. The molecular weight excluding hydrogens is 348 g/mol. The summed E-state index contributed by atoms with van der Waals surface area (Å²) in [5.41, 5.74) is 1.80. The van der Waals surface area contributed by atoms with Gasteiger partial charge < -0.3 is 24.4 Å². The summed E-state index contributed by atoms with van der Waals surface area (Å²) in [5, 5.41) is 6.60. The first-order valence-electron chi connectivity index (χ1n) is 8.44. The van der Waals surface area contributed by atoms with Gasteiger partial charge >= 0.3 is 0 Å². The Morgan fingerprint density at radius 1 is 1.04 bits per heavy atom. The number of nitrogens with one attached hydrogen (secondary N) is 1. The number of nitrogens with zero attached hydrogens (tertiary/aromatic N) is 1. The number of amides is 1. The van der Waals surface area contributed by atoms with E-state index in [0.717, 1.165) is 17.7 Å². The normalized spacial score (nSPS) is 10.5. The van der Waals surface area contributed by atoms with Crippen molar-refractivity contribution < 1.29 is 23.8 Å². The number of ether oxygens (including phenoxy) is 3. The average Bonchev–Trinajstić information content (AvgIpc) is 2.71. The Morgan fingerprint density at radius 3 is 2.48 bits per heavy atom. The third-order valence-electron chi connectivity index (χ3n) is 3.79. The van der Waals surface area contributed by atoms with Crippen LogP contribution in [0, 0.1) is 0 Å². The van der Waals surface area contributed by atoms with Crippen LogP contribution < -0.4 is 19.5 Å². The molecule has 1 amide bonds. The SMILES string of the molecule is COc1ccc(CCNC(=O)CO/N=C/c2cccc(OC)c2OC)cc1. The van der Waals surface area contributed by atoms with Gasteiger partial charge in [0.2, 0.25) is 0 Å². The van der Waals surface area contributed by atoms with Crippen molar-refractivity contribution in [2.45, 2.75) is 6.42 Å². The first kappa shape index (κ1) is 20.1. The van der Waals surface area contributed by atoms with Gasteiger partial charge in [-0.25, -0.2) is 0 Å². The van der Waals surface area contributed by atoms with E-state index in [1.54, 1.807) is 27.4 Å². The Hall–Kier alpha value is -3.22. The second kappa shape index (κ2) is 10.7. The second-order valence-corrected chi connectivity index (χ2v) is 5.54. The van der Waals surface area contributed by atoms with Crippen LogP contribution in [0.25, 0.3) is 0 Å².